The lowest BCUT2D eigenvalue weighted by Crippen LogP contribution is -2.53. The minimum absolute atomic E-state index is 0.0399. The second-order valence-electron chi connectivity index (χ2n) is 10.7. The topological polar surface area (TPSA) is 105 Å². The second-order valence-corrected chi connectivity index (χ2v) is 10.7. The number of nitrogens with one attached hydrogen (secondary N) is 2. The number of amides is 2. The van der Waals surface area contributed by atoms with Crippen molar-refractivity contribution in [2.24, 2.45) is 5.92 Å². The Morgan fingerprint density at radius 3 is 1.53 bits per heavy atom. The molecule has 0 aliphatic carbocycles. The van der Waals surface area contributed by atoms with E-state index in [-0.39, 0.29) is 18.4 Å². The normalized spacial score (nSPS) is 12.9. The van der Waals surface area contributed by atoms with E-state index in [1.165, 1.54) is 96.8 Å². The molecule has 0 aromatic rings. The summed E-state index contributed by atoms with van der Waals surface area (Å²) in [6.07, 6.45) is 21.2. The molecule has 0 aliphatic rings. The van der Waals surface area contributed by atoms with Gasteiger partial charge in [-0.15, -0.1) is 0 Å². The van der Waals surface area contributed by atoms with Crippen LogP contribution in [0.2, 0.25) is 0 Å². The first kappa shape index (κ1) is 34.4. The number of unbranched alkanes of at least 4 members (excludes halogenated alkanes) is 15. The summed E-state index contributed by atoms with van der Waals surface area (Å²) < 4.78 is 5.64. The molecular formula is C29H56N2O5. The average molecular weight is 513 g/mol. The SMILES string of the molecule is CCCCCCCCCCCCCCCCCCOC[C@@H](NC(C)=O)C(=O)N[C@@H](CC(C)C)C(=O)O. The zero-order valence-electron chi connectivity index (χ0n) is 23.7. The number of hydrogen-bond donors (Lipinski definition) is 3. The van der Waals surface area contributed by atoms with Crippen molar-refractivity contribution < 1.29 is 24.2 Å². The minimum Gasteiger partial charge on any atom is -0.480 e. The quantitative estimate of drug-likeness (QED) is 0.123. The van der Waals surface area contributed by atoms with E-state index in [1.54, 1.807) is 0 Å². The zero-order valence-corrected chi connectivity index (χ0v) is 23.7. The summed E-state index contributed by atoms with van der Waals surface area (Å²) in [6.45, 7) is 7.96. The summed E-state index contributed by atoms with van der Waals surface area (Å²) in [4.78, 5) is 35.4. The Morgan fingerprint density at radius 1 is 0.694 bits per heavy atom. The Kier molecular flexibility index (Phi) is 22.7. The number of carbonyl (C=O) groups excluding carboxylic acids is 2. The molecular weight excluding hydrogens is 456 g/mol. The van der Waals surface area contributed by atoms with Crippen molar-refractivity contribution in [3.05, 3.63) is 0 Å². The molecule has 0 bridgehead atoms. The number of carboxylic acid groups (broad SMARTS) is 1. The fourth-order valence-corrected chi connectivity index (χ4v) is 4.35. The van der Waals surface area contributed by atoms with Gasteiger partial charge in [-0.25, -0.2) is 4.79 Å². The first-order valence-corrected chi connectivity index (χ1v) is 14.7. The molecule has 0 unspecified atom stereocenters. The van der Waals surface area contributed by atoms with Crippen molar-refractivity contribution in [1.29, 1.82) is 0 Å². The third kappa shape index (κ3) is 21.6. The Morgan fingerprint density at radius 2 is 1.14 bits per heavy atom. The van der Waals surface area contributed by atoms with E-state index in [2.05, 4.69) is 17.6 Å². The predicted molar refractivity (Wildman–Crippen MR) is 147 cm³/mol. The number of carboxylic acids is 1. The Labute approximate surface area is 220 Å². The zero-order chi connectivity index (χ0) is 27.0. The summed E-state index contributed by atoms with van der Waals surface area (Å²) in [6, 6.07) is -1.87. The second kappa shape index (κ2) is 23.7. The van der Waals surface area contributed by atoms with Crippen molar-refractivity contribution in [1.82, 2.24) is 10.6 Å². The molecule has 36 heavy (non-hydrogen) atoms. The average Bonchev–Trinajstić information content (AvgIpc) is 2.81. The monoisotopic (exact) mass is 512 g/mol. The van der Waals surface area contributed by atoms with Crippen LogP contribution in [0.3, 0.4) is 0 Å². The van der Waals surface area contributed by atoms with Gasteiger partial charge in [0, 0.05) is 13.5 Å². The van der Waals surface area contributed by atoms with Gasteiger partial charge in [-0.2, -0.15) is 0 Å². The highest BCUT2D eigenvalue weighted by Gasteiger charge is 2.26. The van der Waals surface area contributed by atoms with Crippen LogP contribution in [0, 0.1) is 5.92 Å². The molecule has 2 amide bonds. The van der Waals surface area contributed by atoms with Gasteiger partial charge in [-0.1, -0.05) is 117 Å². The summed E-state index contributed by atoms with van der Waals surface area (Å²) in [5, 5.41) is 14.4. The third-order valence-corrected chi connectivity index (χ3v) is 6.44. The van der Waals surface area contributed by atoms with Crippen LogP contribution >= 0.6 is 0 Å². The van der Waals surface area contributed by atoms with Crippen LogP contribution in [-0.2, 0) is 19.1 Å². The Bertz CT molecular complexity index is 568. The van der Waals surface area contributed by atoms with E-state index in [0.717, 1.165) is 12.8 Å². The molecule has 0 heterocycles. The standard InChI is InChI=1S/C29H56N2O5/c1-5-6-7-8-9-10-11-12-13-14-15-16-17-18-19-20-21-36-23-27(30-25(4)32)28(33)31-26(29(34)35)22-24(2)3/h24,26-27H,5-23H2,1-4H3,(H,30,32)(H,31,33)(H,34,35)/t26-,27+/m0/s1. The van der Waals surface area contributed by atoms with Gasteiger partial charge in [0.2, 0.25) is 11.8 Å². The van der Waals surface area contributed by atoms with Gasteiger partial charge in [0.1, 0.15) is 12.1 Å². The molecule has 0 radical (unpaired) electrons. The van der Waals surface area contributed by atoms with E-state index in [9.17, 15) is 19.5 Å². The number of hydrogen-bond acceptors (Lipinski definition) is 4. The Balaban J connectivity index is 3.81. The molecule has 0 spiro atoms. The fraction of sp³-hybridized carbons (Fsp3) is 0.897. The van der Waals surface area contributed by atoms with Crippen LogP contribution in [0.25, 0.3) is 0 Å². The van der Waals surface area contributed by atoms with Gasteiger partial charge < -0.3 is 20.5 Å². The van der Waals surface area contributed by atoms with E-state index >= 15 is 0 Å². The van der Waals surface area contributed by atoms with Crippen LogP contribution in [0.1, 0.15) is 137 Å². The molecule has 0 rings (SSSR count). The number of carbonyl (C=O) groups is 3. The number of ether oxygens (including phenoxy) is 1. The lowest BCUT2D eigenvalue weighted by molar-refractivity contribution is -0.143. The summed E-state index contributed by atoms with van der Waals surface area (Å²) in [5.41, 5.74) is 0. The van der Waals surface area contributed by atoms with Crippen LogP contribution < -0.4 is 10.6 Å². The van der Waals surface area contributed by atoms with Crippen molar-refractivity contribution in [2.45, 2.75) is 149 Å². The first-order valence-electron chi connectivity index (χ1n) is 14.7. The van der Waals surface area contributed by atoms with Crippen molar-refractivity contribution in [3.63, 3.8) is 0 Å². The Hall–Kier alpha value is -1.63. The predicted octanol–water partition coefficient (Wildman–Crippen LogP) is 6.38. The van der Waals surface area contributed by atoms with Crippen LogP contribution in [0.15, 0.2) is 0 Å². The molecule has 0 saturated carbocycles. The van der Waals surface area contributed by atoms with Crippen molar-refractivity contribution in [3.8, 4) is 0 Å². The molecule has 0 aromatic carbocycles. The van der Waals surface area contributed by atoms with Gasteiger partial charge in [0.05, 0.1) is 6.61 Å². The minimum atomic E-state index is -1.08. The largest absolute Gasteiger partial charge is 0.480 e. The molecule has 0 fully saturated rings. The van der Waals surface area contributed by atoms with Crippen molar-refractivity contribution in [2.75, 3.05) is 13.2 Å². The lowest BCUT2D eigenvalue weighted by Gasteiger charge is -2.22. The molecule has 2 atom stereocenters. The highest BCUT2D eigenvalue weighted by Crippen LogP contribution is 2.13. The molecule has 0 saturated heterocycles. The van der Waals surface area contributed by atoms with E-state index in [4.69, 9.17) is 4.74 Å². The molecule has 7 heteroatoms. The number of aliphatic carboxylic acids is 1. The van der Waals surface area contributed by atoms with E-state index in [0.29, 0.717) is 13.0 Å². The van der Waals surface area contributed by atoms with Gasteiger partial charge in [-0.3, -0.25) is 9.59 Å². The summed E-state index contributed by atoms with van der Waals surface area (Å²) in [7, 11) is 0. The highest BCUT2D eigenvalue weighted by molar-refractivity contribution is 5.90. The van der Waals surface area contributed by atoms with E-state index in [1.807, 2.05) is 13.8 Å². The van der Waals surface area contributed by atoms with Gasteiger partial charge in [0.15, 0.2) is 0 Å². The maximum atomic E-state index is 12.5. The summed E-state index contributed by atoms with van der Waals surface area (Å²) in [5.74, 6) is -1.83. The molecule has 3 N–H and O–H groups in total. The van der Waals surface area contributed by atoms with Crippen LogP contribution in [-0.4, -0.2) is 48.2 Å². The summed E-state index contributed by atoms with van der Waals surface area (Å²) >= 11 is 0. The smallest absolute Gasteiger partial charge is 0.326 e. The van der Waals surface area contributed by atoms with Crippen LogP contribution in [0.5, 0.6) is 0 Å². The van der Waals surface area contributed by atoms with E-state index < -0.39 is 24.0 Å². The van der Waals surface area contributed by atoms with Gasteiger partial charge >= 0.3 is 5.97 Å². The van der Waals surface area contributed by atoms with Gasteiger partial charge in [-0.05, 0) is 18.8 Å². The lowest BCUT2D eigenvalue weighted by atomic mass is 10.0. The van der Waals surface area contributed by atoms with Crippen LogP contribution in [0.4, 0.5) is 0 Å². The first-order chi connectivity index (χ1) is 17.3. The number of rotatable bonds is 25. The maximum absolute atomic E-state index is 12.5. The molecule has 0 aliphatic heterocycles. The highest BCUT2D eigenvalue weighted by atomic mass is 16.5. The van der Waals surface area contributed by atoms with Gasteiger partial charge in [0.25, 0.3) is 0 Å². The fourth-order valence-electron chi connectivity index (χ4n) is 4.35. The van der Waals surface area contributed by atoms with Crippen molar-refractivity contribution >= 4 is 17.8 Å². The maximum Gasteiger partial charge on any atom is 0.326 e. The molecule has 212 valence electrons. The molecule has 0 aromatic heterocycles. The third-order valence-electron chi connectivity index (χ3n) is 6.44. The molecule has 7 nitrogen and oxygen atoms in total.